The van der Waals surface area contributed by atoms with E-state index in [1.54, 1.807) is 17.9 Å². The maximum absolute atomic E-state index is 12.6. The second-order valence-electron chi connectivity index (χ2n) is 6.04. The molecule has 0 amide bonds. The predicted molar refractivity (Wildman–Crippen MR) is 91.0 cm³/mol. The number of nitrogens with one attached hydrogen (secondary N) is 2. The lowest BCUT2D eigenvalue weighted by molar-refractivity contribution is -0.0494. The Kier molecular flexibility index (Phi) is 6.50. The van der Waals surface area contributed by atoms with Crippen molar-refractivity contribution in [2.75, 3.05) is 26.7 Å². The molecule has 1 fully saturated rings. The van der Waals surface area contributed by atoms with Gasteiger partial charge in [0.15, 0.2) is 5.96 Å². The first-order valence-corrected chi connectivity index (χ1v) is 9.58. The topological polar surface area (TPSA) is 91.6 Å². The number of hydrogen-bond acceptors (Lipinski definition) is 4. The highest BCUT2D eigenvalue weighted by atomic mass is 32.2. The summed E-state index contributed by atoms with van der Waals surface area (Å²) in [6, 6.07) is -0.140. The normalized spacial score (nSPS) is 18.1. The Labute approximate surface area is 150 Å². The average molecular weight is 396 g/mol. The van der Waals surface area contributed by atoms with Gasteiger partial charge in [-0.3, -0.25) is 9.67 Å². The summed E-state index contributed by atoms with van der Waals surface area (Å²) in [4.78, 5) is 4.09. The minimum atomic E-state index is -5.25. The first-order valence-electron chi connectivity index (χ1n) is 8.14. The van der Waals surface area contributed by atoms with Gasteiger partial charge in [0.2, 0.25) is 0 Å². The van der Waals surface area contributed by atoms with Crippen LogP contribution in [-0.2, 0) is 23.5 Å². The Morgan fingerprint density at radius 1 is 1.38 bits per heavy atom. The fourth-order valence-electron chi connectivity index (χ4n) is 2.70. The number of rotatable bonds is 5. The van der Waals surface area contributed by atoms with Crippen molar-refractivity contribution in [2.45, 2.75) is 30.8 Å². The monoisotopic (exact) mass is 396 g/mol. The van der Waals surface area contributed by atoms with Gasteiger partial charge in [0.1, 0.15) is 0 Å². The molecule has 0 aromatic carbocycles. The van der Waals surface area contributed by atoms with Crippen LogP contribution in [0.5, 0.6) is 0 Å². The smallest absolute Gasteiger partial charge is 0.356 e. The second kappa shape index (κ2) is 8.25. The highest BCUT2D eigenvalue weighted by Gasteiger charge is 2.50. The number of alkyl halides is 3. The molecular formula is C14H23F3N6O2S. The number of aromatic nitrogens is 2. The summed E-state index contributed by atoms with van der Waals surface area (Å²) in [6.45, 7) is 0.269. The number of halogens is 3. The van der Waals surface area contributed by atoms with E-state index in [0.29, 0.717) is 16.8 Å². The van der Waals surface area contributed by atoms with Crippen molar-refractivity contribution in [3.63, 3.8) is 0 Å². The largest absolute Gasteiger partial charge is 0.511 e. The summed E-state index contributed by atoms with van der Waals surface area (Å²) in [5.74, 6) is 0.533. The lowest BCUT2D eigenvalue weighted by Crippen LogP contribution is -2.51. The fourth-order valence-corrected chi connectivity index (χ4v) is 3.69. The minimum absolute atomic E-state index is 0.140. The third-order valence-corrected chi connectivity index (χ3v) is 5.75. The van der Waals surface area contributed by atoms with Crippen molar-refractivity contribution in [2.24, 2.45) is 12.0 Å². The number of nitrogens with zero attached hydrogens (tertiary/aromatic N) is 4. The van der Waals surface area contributed by atoms with E-state index in [2.05, 4.69) is 20.7 Å². The summed E-state index contributed by atoms with van der Waals surface area (Å²) in [5, 5.41) is 10.3. The molecule has 8 nitrogen and oxygen atoms in total. The molecule has 2 rings (SSSR count). The molecule has 0 radical (unpaired) electrons. The van der Waals surface area contributed by atoms with E-state index in [4.69, 9.17) is 0 Å². The number of aliphatic imine (C=N–C) groups is 1. The fraction of sp³-hybridized carbons (Fsp3) is 0.714. The Morgan fingerprint density at radius 2 is 2.04 bits per heavy atom. The quantitative estimate of drug-likeness (QED) is 0.557. The SMILES string of the molecule is CN=C(NCCc1cnn(C)c1)NC1CCN(S(=O)(=O)C(F)(F)F)CC1. The highest BCUT2D eigenvalue weighted by molar-refractivity contribution is 7.90. The molecule has 0 aliphatic carbocycles. The first kappa shape index (κ1) is 20.5. The van der Waals surface area contributed by atoms with E-state index in [1.807, 2.05) is 13.2 Å². The molecule has 148 valence electrons. The summed E-state index contributed by atoms with van der Waals surface area (Å²) in [5.41, 5.74) is -4.18. The predicted octanol–water partition coefficient (Wildman–Crippen LogP) is 0.442. The first-order chi connectivity index (χ1) is 12.1. The molecule has 1 aliphatic rings. The van der Waals surface area contributed by atoms with Crippen molar-refractivity contribution in [1.29, 1.82) is 0 Å². The average Bonchev–Trinajstić information content (AvgIpc) is 2.98. The van der Waals surface area contributed by atoms with Crippen LogP contribution in [0.2, 0.25) is 0 Å². The van der Waals surface area contributed by atoms with Gasteiger partial charge in [-0.1, -0.05) is 0 Å². The molecule has 2 N–H and O–H groups in total. The van der Waals surface area contributed by atoms with Gasteiger partial charge >= 0.3 is 15.5 Å². The van der Waals surface area contributed by atoms with E-state index in [9.17, 15) is 21.6 Å². The molecule has 1 aromatic heterocycles. The van der Waals surface area contributed by atoms with Crippen LogP contribution in [0.25, 0.3) is 0 Å². The molecular weight excluding hydrogens is 373 g/mol. The molecule has 1 aliphatic heterocycles. The van der Waals surface area contributed by atoms with Gasteiger partial charge in [0.05, 0.1) is 6.20 Å². The molecule has 0 unspecified atom stereocenters. The van der Waals surface area contributed by atoms with E-state index in [0.717, 1.165) is 12.0 Å². The Morgan fingerprint density at radius 3 is 2.54 bits per heavy atom. The van der Waals surface area contributed by atoms with Crippen molar-refractivity contribution in [1.82, 2.24) is 24.7 Å². The lowest BCUT2D eigenvalue weighted by atomic mass is 10.1. The summed E-state index contributed by atoms with van der Waals surface area (Å²) < 4.78 is 62.8. The summed E-state index contributed by atoms with van der Waals surface area (Å²) in [6.07, 6.45) is 4.98. The van der Waals surface area contributed by atoms with Gasteiger partial charge in [-0.2, -0.15) is 22.6 Å². The van der Waals surface area contributed by atoms with Gasteiger partial charge in [-0.15, -0.1) is 0 Å². The highest BCUT2D eigenvalue weighted by Crippen LogP contribution is 2.28. The minimum Gasteiger partial charge on any atom is -0.356 e. The standard InChI is InChI=1S/C14H23F3N6O2S/c1-18-13(19-6-3-11-9-20-22(2)10-11)21-12-4-7-23(8-5-12)26(24,25)14(15,16)17/h9-10,12H,3-8H2,1-2H3,(H2,18,19,21). The van der Waals surface area contributed by atoms with E-state index >= 15 is 0 Å². The molecule has 0 spiro atoms. The van der Waals surface area contributed by atoms with Gasteiger partial charge in [-0.05, 0) is 24.8 Å². The Balaban J connectivity index is 1.78. The molecule has 1 saturated heterocycles. The molecule has 2 heterocycles. The zero-order chi connectivity index (χ0) is 19.4. The van der Waals surface area contributed by atoms with Crippen LogP contribution in [-0.4, -0.2) is 66.7 Å². The third-order valence-electron chi connectivity index (χ3n) is 4.12. The maximum atomic E-state index is 12.6. The van der Waals surface area contributed by atoms with Gasteiger partial charge in [0.25, 0.3) is 0 Å². The van der Waals surface area contributed by atoms with Crippen LogP contribution in [0.4, 0.5) is 13.2 Å². The van der Waals surface area contributed by atoms with Crippen molar-refractivity contribution < 1.29 is 21.6 Å². The van der Waals surface area contributed by atoms with Crippen LogP contribution in [0.1, 0.15) is 18.4 Å². The zero-order valence-electron chi connectivity index (χ0n) is 14.6. The van der Waals surface area contributed by atoms with E-state index in [-0.39, 0.29) is 32.0 Å². The molecule has 1 aromatic rings. The number of sulfonamides is 1. The van der Waals surface area contributed by atoms with Gasteiger partial charge in [-0.25, -0.2) is 8.42 Å². The van der Waals surface area contributed by atoms with Gasteiger partial charge in [0, 0.05) is 46.0 Å². The van der Waals surface area contributed by atoms with E-state index in [1.165, 1.54) is 0 Å². The number of hydrogen-bond donors (Lipinski definition) is 2. The summed E-state index contributed by atoms with van der Waals surface area (Å²) in [7, 11) is -1.81. The van der Waals surface area contributed by atoms with Crippen LogP contribution >= 0.6 is 0 Å². The molecule has 0 saturated carbocycles. The van der Waals surface area contributed by atoms with Crippen molar-refractivity contribution in [3.8, 4) is 0 Å². The van der Waals surface area contributed by atoms with Crippen molar-refractivity contribution in [3.05, 3.63) is 18.0 Å². The van der Waals surface area contributed by atoms with Crippen LogP contribution in [0.15, 0.2) is 17.4 Å². The van der Waals surface area contributed by atoms with Crippen molar-refractivity contribution >= 4 is 16.0 Å². The molecule has 0 atom stereocenters. The number of piperidine rings is 1. The Bertz CT molecular complexity index is 723. The second-order valence-corrected chi connectivity index (χ2v) is 7.97. The third kappa shape index (κ3) is 5.10. The molecule has 0 bridgehead atoms. The van der Waals surface area contributed by atoms with Crippen LogP contribution in [0.3, 0.4) is 0 Å². The number of aryl methyl sites for hydroxylation is 1. The summed E-state index contributed by atoms with van der Waals surface area (Å²) >= 11 is 0. The van der Waals surface area contributed by atoms with Gasteiger partial charge < -0.3 is 10.6 Å². The molecule has 12 heteroatoms. The maximum Gasteiger partial charge on any atom is 0.511 e. The van der Waals surface area contributed by atoms with E-state index < -0.39 is 15.5 Å². The van der Waals surface area contributed by atoms with Crippen LogP contribution in [0, 0.1) is 0 Å². The number of guanidine groups is 1. The lowest BCUT2D eigenvalue weighted by Gasteiger charge is -2.32. The Hall–Kier alpha value is -1.82. The molecule has 26 heavy (non-hydrogen) atoms. The zero-order valence-corrected chi connectivity index (χ0v) is 15.4. The van der Waals surface area contributed by atoms with Crippen LogP contribution < -0.4 is 10.6 Å².